The van der Waals surface area contributed by atoms with E-state index < -0.39 is 17.2 Å². The Bertz CT molecular complexity index is 989. The third-order valence-electron chi connectivity index (χ3n) is 7.26. The predicted molar refractivity (Wildman–Crippen MR) is 123 cm³/mol. The maximum atomic E-state index is 14.4. The van der Waals surface area contributed by atoms with E-state index in [9.17, 15) is 8.78 Å². The van der Waals surface area contributed by atoms with Gasteiger partial charge in [-0.1, -0.05) is 62.9 Å². The van der Waals surface area contributed by atoms with Crippen molar-refractivity contribution in [3.8, 4) is 6.07 Å². The first kappa shape index (κ1) is 21.8. The molecule has 4 rings (SSSR count). The molecule has 162 valence electrons. The Balaban J connectivity index is 1.44. The van der Waals surface area contributed by atoms with Crippen LogP contribution in [-0.2, 0) is 6.42 Å². The highest BCUT2D eigenvalue weighted by molar-refractivity contribution is 5.84. The number of nitrogens with zero attached hydrogens (tertiary/aromatic N) is 1. The van der Waals surface area contributed by atoms with Crippen molar-refractivity contribution in [2.75, 3.05) is 0 Å². The van der Waals surface area contributed by atoms with Gasteiger partial charge < -0.3 is 0 Å². The van der Waals surface area contributed by atoms with Crippen LogP contribution >= 0.6 is 0 Å². The maximum absolute atomic E-state index is 14.4. The number of hydrogen-bond acceptors (Lipinski definition) is 1. The molecular formula is C28H31F2N. The normalized spacial score (nSPS) is 20.6. The van der Waals surface area contributed by atoms with Gasteiger partial charge in [-0.15, -0.1) is 0 Å². The molecule has 0 radical (unpaired) electrons. The van der Waals surface area contributed by atoms with Crippen molar-refractivity contribution in [1.82, 2.24) is 0 Å². The minimum atomic E-state index is -0.781. The lowest BCUT2D eigenvalue weighted by Crippen LogP contribution is -2.13. The zero-order valence-corrected chi connectivity index (χ0v) is 18.4. The van der Waals surface area contributed by atoms with Gasteiger partial charge in [-0.2, -0.15) is 5.26 Å². The first-order valence-corrected chi connectivity index (χ1v) is 11.8. The average molecular weight is 420 g/mol. The Labute approximate surface area is 184 Å². The molecule has 0 aromatic heterocycles. The van der Waals surface area contributed by atoms with E-state index in [4.69, 9.17) is 5.26 Å². The number of unbranched alkanes of at least 4 members (excludes halogenated alkanes) is 2. The topological polar surface area (TPSA) is 23.8 Å². The molecule has 0 amide bonds. The second-order valence-corrected chi connectivity index (χ2v) is 9.23. The number of allylic oxidation sites excluding steroid dienone is 1. The molecule has 2 aromatic rings. The van der Waals surface area contributed by atoms with E-state index in [2.05, 4.69) is 31.2 Å². The molecule has 0 spiro atoms. The molecule has 0 aliphatic heterocycles. The van der Waals surface area contributed by atoms with E-state index in [-0.39, 0.29) is 0 Å². The molecule has 3 heteroatoms. The van der Waals surface area contributed by atoms with Gasteiger partial charge in [0.05, 0.1) is 0 Å². The van der Waals surface area contributed by atoms with Crippen molar-refractivity contribution < 1.29 is 8.78 Å². The summed E-state index contributed by atoms with van der Waals surface area (Å²) in [5, 5.41) is 8.98. The fourth-order valence-corrected chi connectivity index (χ4v) is 5.35. The van der Waals surface area contributed by atoms with Crippen LogP contribution in [0.15, 0.2) is 30.3 Å². The molecule has 0 atom stereocenters. The first-order valence-electron chi connectivity index (χ1n) is 11.8. The fraction of sp³-hybridized carbons (Fsp3) is 0.464. The van der Waals surface area contributed by atoms with Crippen LogP contribution in [0.25, 0.3) is 11.6 Å². The number of fused-ring (bicyclic) bond motifs is 1. The summed E-state index contributed by atoms with van der Waals surface area (Å²) in [7, 11) is 0. The van der Waals surface area contributed by atoms with E-state index in [1.807, 2.05) is 6.08 Å². The van der Waals surface area contributed by atoms with E-state index in [1.54, 1.807) is 6.07 Å². The van der Waals surface area contributed by atoms with Crippen LogP contribution in [0.3, 0.4) is 0 Å². The average Bonchev–Trinajstić information content (AvgIpc) is 2.80. The maximum Gasteiger partial charge on any atom is 0.147 e. The molecule has 0 heterocycles. The summed E-state index contributed by atoms with van der Waals surface area (Å²) in [5.41, 5.74) is 4.17. The zero-order chi connectivity index (χ0) is 21.8. The molecule has 0 N–H and O–H groups in total. The van der Waals surface area contributed by atoms with Crippen molar-refractivity contribution in [3.63, 3.8) is 0 Å². The van der Waals surface area contributed by atoms with Gasteiger partial charge in [0, 0.05) is 0 Å². The molecular weight excluding hydrogens is 388 g/mol. The van der Waals surface area contributed by atoms with Crippen molar-refractivity contribution >= 4 is 11.6 Å². The van der Waals surface area contributed by atoms with Gasteiger partial charge in [0.15, 0.2) is 0 Å². The second-order valence-electron chi connectivity index (χ2n) is 9.23. The van der Waals surface area contributed by atoms with Crippen LogP contribution in [-0.4, -0.2) is 0 Å². The fourth-order valence-electron chi connectivity index (χ4n) is 5.35. The van der Waals surface area contributed by atoms with Gasteiger partial charge in [-0.25, -0.2) is 8.78 Å². The number of halogens is 2. The quantitative estimate of drug-likeness (QED) is 0.433. The Morgan fingerprint density at radius 3 is 2.42 bits per heavy atom. The first-order chi connectivity index (χ1) is 15.1. The van der Waals surface area contributed by atoms with Crippen LogP contribution < -0.4 is 0 Å². The molecule has 0 bridgehead atoms. The zero-order valence-electron chi connectivity index (χ0n) is 18.4. The Hall–Kier alpha value is -2.47. The van der Waals surface area contributed by atoms with Crippen molar-refractivity contribution in [1.29, 1.82) is 5.26 Å². The van der Waals surface area contributed by atoms with Crippen LogP contribution in [0.4, 0.5) is 8.78 Å². The van der Waals surface area contributed by atoms with E-state index in [1.165, 1.54) is 63.0 Å². The number of benzene rings is 2. The number of hydrogen-bond donors (Lipinski definition) is 0. The van der Waals surface area contributed by atoms with E-state index >= 15 is 0 Å². The highest BCUT2D eigenvalue weighted by Gasteiger charge is 2.23. The summed E-state index contributed by atoms with van der Waals surface area (Å²) in [5.74, 6) is 0.0901. The summed E-state index contributed by atoms with van der Waals surface area (Å²) in [6.07, 6.45) is 13.8. The lowest BCUT2D eigenvalue weighted by Gasteiger charge is -2.29. The number of rotatable bonds is 6. The molecule has 0 saturated heterocycles. The molecule has 31 heavy (non-hydrogen) atoms. The van der Waals surface area contributed by atoms with Crippen molar-refractivity contribution in [2.45, 2.75) is 77.0 Å². The van der Waals surface area contributed by atoms with Crippen LogP contribution in [0.1, 0.15) is 98.4 Å². The summed E-state index contributed by atoms with van der Waals surface area (Å²) in [4.78, 5) is 0. The molecule has 0 unspecified atom stereocenters. The summed E-state index contributed by atoms with van der Waals surface area (Å²) in [6, 6.07) is 11.7. The van der Waals surface area contributed by atoms with Gasteiger partial charge in [-0.05, 0) is 84.3 Å². The van der Waals surface area contributed by atoms with Crippen LogP contribution in [0.2, 0.25) is 0 Å². The molecule has 1 fully saturated rings. The smallest absolute Gasteiger partial charge is 0.147 e. The lowest BCUT2D eigenvalue weighted by molar-refractivity contribution is 0.303. The third kappa shape index (κ3) is 4.74. The van der Waals surface area contributed by atoms with Crippen LogP contribution in [0.5, 0.6) is 0 Å². The predicted octanol–water partition coefficient (Wildman–Crippen LogP) is 8.18. The number of nitriles is 1. The highest BCUT2D eigenvalue weighted by Crippen LogP contribution is 2.39. The summed E-state index contributed by atoms with van der Waals surface area (Å²) in [6.45, 7) is 2.27. The SMILES string of the molecule is CCCCCC1CCC(c2ccc(C3=Cc4cc(F)c(C#N)c(F)c4CC3)cc2)CC1. The molecule has 1 nitrogen and oxygen atoms in total. The largest absolute Gasteiger partial charge is 0.205 e. The van der Waals surface area contributed by atoms with Gasteiger partial charge in [0.1, 0.15) is 23.3 Å². The second kappa shape index (κ2) is 9.77. The standard InChI is InChI=1S/C28H31F2N/c1-2-3-4-5-19-6-8-20(9-7-19)21-10-12-22(13-11-21)23-14-15-25-24(16-23)17-27(29)26(18-31)28(25)30/h10-13,16-17,19-20H,2-9,14-15H2,1H3. The lowest BCUT2D eigenvalue weighted by atomic mass is 9.76. The van der Waals surface area contributed by atoms with Crippen LogP contribution in [0, 0.1) is 28.9 Å². The van der Waals surface area contributed by atoms with Gasteiger partial charge in [0.2, 0.25) is 0 Å². The van der Waals surface area contributed by atoms with Gasteiger partial charge in [-0.3, -0.25) is 0 Å². The minimum absolute atomic E-state index is 0.453. The van der Waals surface area contributed by atoms with Gasteiger partial charge >= 0.3 is 0 Å². The minimum Gasteiger partial charge on any atom is -0.205 e. The monoisotopic (exact) mass is 419 g/mol. The third-order valence-corrected chi connectivity index (χ3v) is 7.26. The Morgan fingerprint density at radius 1 is 1.00 bits per heavy atom. The summed E-state index contributed by atoms with van der Waals surface area (Å²) >= 11 is 0. The van der Waals surface area contributed by atoms with Gasteiger partial charge in [0.25, 0.3) is 0 Å². The molecule has 2 aromatic carbocycles. The molecule has 2 aliphatic rings. The van der Waals surface area contributed by atoms with Crippen molar-refractivity contribution in [3.05, 3.63) is 69.8 Å². The Kier molecular flexibility index (Phi) is 6.86. The van der Waals surface area contributed by atoms with E-state index in [0.29, 0.717) is 29.9 Å². The highest BCUT2D eigenvalue weighted by atomic mass is 19.1. The Morgan fingerprint density at radius 2 is 1.74 bits per heavy atom. The summed E-state index contributed by atoms with van der Waals surface area (Å²) < 4.78 is 28.5. The van der Waals surface area contributed by atoms with Crippen molar-refractivity contribution in [2.24, 2.45) is 5.92 Å². The van der Waals surface area contributed by atoms with E-state index in [0.717, 1.165) is 17.1 Å². The molecule has 1 saturated carbocycles. The molecule has 2 aliphatic carbocycles.